The second-order valence-corrected chi connectivity index (χ2v) is 7.61. The van der Waals surface area contributed by atoms with Crippen molar-refractivity contribution >= 4 is 15.9 Å². The Bertz CT molecular complexity index is 989. The summed E-state index contributed by atoms with van der Waals surface area (Å²) >= 11 is 0. The maximum atomic E-state index is 12.4. The third-order valence-corrected chi connectivity index (χ3v) is 5.22. The monoisotopic (exact) mass is 396 g/mol. The number of nitrogens with zero attached hydrogens (tertiary/aromatic N) is 2. The second kappa shape index (κ2) is 8.87. The molecule has 0 aliphatic carbocycles. The molecule has 2 N–H and O–H groups in total. The molecular weight excluding hydrogens is 375 g/mol. The fourth-order valence-corrected chi connectivity index (χ4v) is 3.56. The standard InChI is InChI=1S/C17H21FN4O4S/c1-12-10-13(2)22(17(24)21-12)9-8-20-27(25,26)15-5-3-4-14(11-15)16(23)19-7-6-18/h3-5,10-11,20H,6-9H2,1-2H3,(H,19,23). The molecule has 27 heavy (non-hydrogen) atoms. The van der Waals surface area contributed by atoms with E-state index in [1.54, 1.807) is 19.9 Å². The van der Waals surface area contributed by atoms with Crippen LogP contribution in [0.25, 0.3) is 0 Å². The predicted octanol–water partition coefficient (Wildman–Crippen LogP) is 0.538. The number of rotatable bonds is 8. The molecule has 1 amide bonds. The van der Waals surface area contributed by atoms with E-state index in [1.807, 2.05) is 0 Å². The van der Waals surface area contributed by atoms with E-state index < -0.39 is 28.3 Å². The summed E-state index contributed by atoms with van der Waals surface area (Å²) in [5, 5.41) is 2.33. The molecule has 0 aliphatic rings. The van der Waals surface area contributed by atoms with Crippen molar-refractivity contribution in [2.45, 2.75) is 25.3 Å². The first kappa shape index (κ1) is 20.7. The molecule has 1 aromatic heterocycles. The average Bonchev–Trinajstić information content (AvgIpc) is 2.62. The van der Waals surface area contributed by atoms with Crippen LogP contribution in [0.4, 0.5) is 4.39 Å². The van der Waals surface area contributed by atoms with E-state index in [1.165, 1.54) is 28.8 Å². The highest BCUT2D eigenvalue weighted by Crippen LogP contribution is 2.11. The van der Waals surface area contributed by atoms with Crippen LogP contribution in [0.15, 0.2) is 40.0 Å². The molecule has 0 spiro atoms. The van der Waals surface area contributed by atoms with Crippen LogP contribution < -0.4 is 15.7 Å². The molecule has 0 aliphatic heterocycles. The summed E-state index contributed by atoms with van der Waals surface area (Å²) in [6.07, 6.45) is 0. The van der Waals surface area contributed by atoms with Gasteiger partial charge in [0, 0.05) is 36.6 Å². The van der Waals surface area contributed by atoms with E-state index in [-0.39, 0.29) is 30.1 Å². The number of hydrogen-bond acceptors (Lipinski definition) is 5. The lowest BCUT2D eigenvalue weighted by Crippen LogP contribution is -2.33. The number of amides is 1. The summed E-state index contributed by atoms with van der Waals surface area (Å²) in [5.41, 5.74) is 0.940. The van der Waals surface area contributed by atoms with E-state index in [0.29, 0.717) is 11.4 Å². The molecule has 1 heterocycles. The normalized spacial score (nSPS) is 11.4. The third-order valence-electron chi connectivity index (χ3n) is 3.76. The zero-order chi connectivity index (χ0) is 20.0. The molecule has 0 saturated heterocycles. The van der Waals surface area contributed by atoms with E-state index in [0.717, 1.165) is 0 Å². The lowest BCUT2D eigenvalue weighted by atomic mass is 10.2. The Balaban J connectivity index is 2.09. The Hall–Kier alpha value is -2.59. The topological polar surface area (TPSA) is 110 Å². The number of carbonyl (C=O) groups excluding carboxylic acids is 1. The Morgan fingerprint density at radius 1 is 1.22 bits per heavy atom. The van der Waals surface area contributed by atoms with Crippen LogP contribution in [0.1, 0.15) is 21.7 Å². The van der Waals surface area contributed by atoms with Gasteiger partial charge in [0.1, 0.15) is 6.67 Å². The zero-order valence-corrected chi connectivity index (χ0v) is 15.8. The largest absolute Gasteiger partial charge is 0.349 e. The lowest BCUT2D eigenvalue weighted by Gasteiger charge is -2.11. The summed E-state index contributed by atoms with van der Waals surface area (Å²) in [6.45, 7) is 2.69. The molecular formula is C17H21FN4O4S. The van der Waals surface area contributed by atoms with Gasteiger partial charge in [-0.25, -0.2) is 22.3 Å². The molecule has 8 nitrogen and oxygen atoms in total. The molecule has 0 bridgehead atoms. The van der Waals surface area contributed by atoms with Gasteiger partial charge in [-0.05, 0) is 38.1 Å². The lowest BCUT2D eigenvalue weighted by molar-refractivity contribution is 0.0950. The number of nitrogens with one attached hydrogen (secondary N) is 2. The van der Waals surface area contributed by atoms with Gasteiger partial charge in [-0.1, -0.05) is 6.07 Å². The molecule has 0 unspecified atom stereocenters. The van der Waals surface area contributed by atoms with Gasteiger partial charge in [0.25, 0.3) is 5.91 Å². The van der Waals surface area contributed by atoms with Gasteiger partial charge < -0.3 is 5.32 Å². The molecule has 1 aromatic carbocycles. The first-order valence-electron chi connectivity index (χ1n) is 8.23. The summed E-state index contributed by atoms with van der Waals surface area (Å²) in [4.78, 5) is 27.5. The van der Waals surface area contributed by atoms with Gasteiger partial charge in [0.05, 0.1) is 4.90 Å². The van der Waals surface area contributed by atoms with Crippen molar-refractivity contribution in [1.82, 2.24) is 19.6 Å². The van der Waals surface area contributed by atoms with Gasteiger partial charge >= 0.3 is 5.69 Å². The van der Waals surface area contributed by atoms with Crippen LogP contribution in [0.2, 0.25) is 0 Å². The minimum atomic E-state index is -3.88. The Kier molecular flexibility index (Phi) is 6.81. The fraction of sp³-hybridized carbons (Fsp3) is 0.353. The van der Waals surface area contributed by atoms with Crippen molar-refractivity contribution in [3.8, 4) is 0 Å². The fourth-order valence-electron chi connectivity index (χ4n) is 2.49. The van der Waals surface area contributed by atoms with Crippen molar-refractivity contribution in [3.05, 3.63) is 57.8 Å². The highest BCUT2D eigenvalue weighted by atomic mass is 32.2. The third kappa shape index (κ3) is 5.44. The Labute approximate surface area is 156 Å². The maximum absolute atomic E-state index is 12.4. The minimum Gasteiger partial charge on any atom is -0.349 e. The first-order valence-corrected chi connectivity index (χ1v) is 9.72. The van der Waals surface area contributed by atoms with Crippen molar-refractivity contribution in [3.63, 3.8) is 0 Å². The molecule has 10 heteroatoms. The van der Waals surface area contributed by atoms with Crippen molar-refractivity contribution in [1.29, 1.82) is 0 Å². The van der Waals surface area contributed by atoms with Crippen LogP contribution >= 0.6 is 0 Å². The van der Waals surface area contributed by atoms with E-state index in [2.05, 4.69) is 15.0 Å². The number of alkyl halides is 1. The number of carbonyl (C=O) groups is 1. The summed E-state index contributed by atoms with van der Waals surface area (Å²) in [6, 6.07) is 7.15. The van der Waals surface area contributed by atoms with E-state index in [9.17, 15) is 22.4 Å². The minimum absolute atomic E-state index is 0.0217. The average molecular weight is 396 g/mol. The number of aryl methyl sites for hydroxylation is 2. The molecule has 0 saturated carbocycles. The molecule has 2 rings (SSSR count). The van der Waals surface area contributed by atoms with Gasteiger partial charge in [-0.2, -0.15) is 4.98 Å². The second-order valence-electron chi connectivity index (χ2n) is 5.84. The maximum Gasteiger partial charge on any atom is 0.348 e. The number of sulfonamides is 1. The highest BCUT2D eigenvalue weighted by Gasteiger charge is 2.16. The van der Waals surface area contributed by atoms with Gasteiger partial charge in [0.2, 0.25) is 10.0 Å². The molecule has 0 radical (unpaired) electrons. The highest BCUT2D eigenvalue weighted by molar-refractivity contribution is 7.89. The predicted molar refractivity (Wildman–Crippen MR) is 97.9 cm³/mol. The van der Waals surface area contributed by atoms with Crippen LogP contribution in [0, 0.1) is 13.8 Å². The molecule has 0 fully saturated rings. The summed E-state index contributed by atoms with van der Waals surface area (Å²) < 4.78 is 40.8. The van der Waals surface area contributed by atoms with Crippen molar-refractivity contribution in [2.75, 3.05) is 19.8 Å². The number of halogens is 1. The van der Waals surface area contributed by atoms with Gasteiger partial charge in [0.15, 0.2) is 0 Å². The number of aromatic nitrogens is 2. The van der Waals surface area contributed by atoms with Crippen molar-refractivity contribution in [2.24, 2.45) is 0 Å². The van der Waals surface area contributed by atoms with Crippen molar-refractivity contribution < 1.29 is 17.6 Å². The van der Waals surface area contributed by atoms with E-state index in [4.69, 9.17) is 0 Å². The summed E-state index contributed by atoms with van der Waals surface area (Å²) in [7, 11) is -3.88. The molecule has 2 aromatic rings. The van der Waals surface area contributed by atoms with Gasteiger partial charge in [-0.15, -0.1) is 0 Å². The van der Waals surface area contributed by atoms with Crippen LogP contribution in [-0.2, 0) is 16.6 Å². The van der Waals surface area contributed by atoms with Gasteiger partial charge in [-0.3, -0.25) is 9.36 Å². The zero-order valence-electron chi connectivity index (χ0n) is 15.0. The van der Waals surface area contributed by atoms with Crippen LogP contribution in [0.3, 0.4) is 0 Å². The molecule has 146 valence electrons. The quantitative estimate of drug-likeness (QED) is 0.677. The smallest absolute Gasteiger partial charge is 0.348 e. The van der Waals surface area contributed by atoms with Crippen LogP contribution in [0.5, 0.6) is 0 Å². The SMILES string of the molecule is Cc1cc(C)n(CCNS(=O)(=O)c2cccc(C(=O)NCCF)c2)c(=O)n1. The number of hydrogen-bond donors (Lipinski definition) is 2. The van der Waals surface area contributed by atoms with Crippen LogP contribution in [-0.4, -0.2) is 43.6 Å². The Morgan fingerprint density at radius 2 is 1.96 bits per heavy atom. The Morgan fingerprint density at radius 3 is 2.63 bits per heavy atom. The summed E-state index contributed by atoms with van der Waals surface area (Å²) in [5.74, 6) is -0.558. The van der Waals surface area contributed by atoms with E-state index >= 15 is 0 Å². The number of benzene rings is 1. The molecule has 0 atom stereocenters. The first-order chi connectivity index (χ1) is 12.7.